The van der Waals surface area contributed by atoms with Crippen molar-refractivity contribution in [2.24, 2.45) is 0 Å². The van der Waals surface area contributed by atoms with Crippen molar-refractivity contribution in [1.29, 1.82) is 5.26 Å². The van der Waals surface area contributed by atoms with Gasteiger partial charge in [-0.2, -0.15) is 5.26 Å². The standard InChI is InChI=1S/C25H22ClN3O3/c1-15-5-8-21(26)13-23(15)29-16(2)11-19(17(29)3)12-20(14-27)24(30)28-22-9-6-18(7-10-22)25(31)32-4/h5-13H,1-4H3,(H,28,30)/b20-12-. The van der Waals surface area contributed by atoms with Crippen LogP contribution in [0.3, 0.4) is 0 Å². The number of hydrogen-bond donors (Lipinski definition) is 1. The van der Waals surface area contributed by atoms with Crippen LogP contribution in [0.2, 0.25) is 5.02 Å². The normalized spacial score (nSPS) is 11.1. The van der Waals surface area contributed by atoms with Crippen LogP contribution in [0.15, 0.2) is 54.1 Å². The topological polar surface area (TPSA) is 84.1 Å². The van der Waals surface area contributed by atoms with Crippen LogP contribution in [0.4, 0.5) is 5.69 Å². The predicted molar refractivity (Wildman–Crippen MR) is 125 cm³/mol. The maximum Gasteiger partial charge on any atom is 0.337 e. The number of nitriles is 1. The highest BCUT2D eigenvalue weighted by Gasteiger charge is 2.15. The molecule has 1 aromatic heterocycles. The van der Waals surface area contributed by atoms with E-state index < -0.39 is 11.9 Å². The van der Waals surface area contributed by atoms with Gasteiger partial charge in [0.1, 0.15) is 11.6 Å². The predicted octanol–water partition coefficient (Wildman–Crippen LogP) is 5.39. The largest absolute Gasteiger partial charge is 0.465 e. The first-order valence-corrected chi connectivity index (χ1v) is 10.2. The molecule has 32 heavy (non-hydrogen) atoms. The zero-order valence-electron chi connectivity index (χ0n) is 18.2. The Hall–Kier alpha value is -3.82. The molecule has 0 aliphatic carbocycles. The molecule has 0 saturated heterocycles. The minimum atomic E-state index is -0.540. The van der Waals surface area contributed by atoms with Crippen molar-refractivity contribution in [3.8, 4) is 11.8 Å². The number of amides is 1. The Morgan fingerprint density at radius 1 is 1.09 bits per heavy atom. The van der Waals surface area contributed by atoms with Gasteiger partial charge in [-0.25, -0.2) is 4.79 Å². The zero-order chi connectivity index (χ0) is 23.4. The van der Waals surface area contributed by atoms with Crippen LogP contribution in [-0.4, -0.2) is 23.6 Å². The van der Waals surface area contributed by atoms with Gasteiger partial charge in [0.2, 0.25) is 0 Å². The summed E-state index contributed by atoms with van der Waals surface area (Å²) in [5.74, 6) is -1.01. The van der Waals surface area contributed by atoms with Crippen LogP contribution in [0.5, 0.6) is 0 Å². The molecule has 6 nitrogen and oxygen atoms in total. The van der Waals surface area contributed by atoms with Crippen molar-refractivity contribution < 1.29 is 14.3 Å². The number of methoxy groups -OCH3 is 1. The average molecular weight is 448 g/mol. The van der Waals surface area contributed by atoms with Gasteiger partial charge in [0.05, 0.1) is 12.7 Å². The lowest BCUT2D eigenvalue weighted by molar-refractivity contribution is -0.112. The number of rotatable bonds is 5. The molecular weight excluding hydrogens is 426 g/mol. The van der Waals surface area contributed by atoms with Gasteiger partial charge in [-0.3, -0.25) is 4.79 Å². The maximum atomic E-state index is 12.7. The minimum absolute atomic E-state index is 0.0369. The third-order valence-electron chi connectivity index (χ3n) is 5.11. The number of hydrogen-bond acceptors (Lipinski definition) is 4. The van der Waals surface area contributed by atoms with Crippen LogP contribution in [0.25, 0.3) is 11.8 Å². The SMILES string of the molecule is COC(=O)c1ccc(NC(=O)/C(C#N)=C\c2cc(C)n(-c3cc(Cl)ccc3C)c2C)cc1. The number of esters is 1. The summed E-state index contributed by atoms with van der Waals surface area (Å²) >= 11 is 6.19. The molecular formula is C25H22ClN3O3. The van der Waals surface area contributed by atoms with Gasteiger partial charge in [0.25, 0.3) is 5.91 Å². The summed E-state index contributed by atoms with van der Waals surface area (Å²) in [4.78, 5) is 24.2. The first-order chi connectivity index (χ1) is 15.2. The summed E-state index contributed by atoms with van der Waals surface area (Å²) in [6.07, 6.45) is 1.57. The second-order valence-electron chi connectivity index (χ2n) is 7.29. The van der Waals surface area contributed by atoms with E-state index in [2.05, 4.69) is 10.1 Å². The van der Waals surface area contributed by atoms with Crippen molar-refractivity contribution in [2.75, 3.05) is 12.4 Å². The molecule has 0 bridgehead atoms. The van der Waals surface area contributed by atoms with E-state index in [1.807, 2.05) is 55.7 Å². The first kappa shape index (κ1) is 22.9. The summed E-state index contributed by atoms with van der Waals surface area (Å²) in [6.45, 7) is 5.89. The zero-order valence-corrected chi connectivity index (χ0v) is 18.9. The number of carbonyl (C=O) groups excluding carboxylic acids is 2. The number of nitrogens with one attached hydrogen (secondary N) is 1. The number of anilines is 1. The van der Waals surface area contributed by atoms with Crippen LogP contribution in [0, 0.1) is 32.1 Å². The van der Waals surface area contributed by atoms with Crippen LogP contribution in [0.1, 0.15) is 32.9 Å². The monoisotopic (exact) mass is 447 g/mol. The fourth-order valence-electron chi connectivity index (χ4n) is 3.44. The van der Waals surface area contributed by atoms with Crippen molar-refractivity contribution in [3.05, 3.63) is 87.2 Å². The van der Waals surface area contributed by atoms with E-state index in [1.54, 1.807) is 18.2 Å². The van der Waals surface area contributed by atoms with Crippen molar-refractivity contribution >= 4 is 35.2 Å². The van der Waals surface area contributed by atoms with E-state index in [1.165, 1.54) is 19.2 Å². The molecule has 0 radical (unpaired) electrons. The molecule has 3 aromatic rings. The Balaban J connectivity index is 1.90. The molecule has 2 aromatic carbocycles. The fourth-order valence-corrected chi connectivity index (χ4v) is 3.60. The maximum absolute atomic E-state index is 12.7. The molecule has 0 spiro atoms. The van der Waals surface area contributed by atoms with E-state index in [0.29, 0.717) is 16.3 Å². The molecule has 1 amide bonds. The number of aryl methyl sites for hydroxylation is 2. The first-order valence-electron chi connectivity index (χ1n) is 9.82. The second-order valence-corrected chi connectivity index (χ2v) is 7.72. The van der Waals surface area contributed by atoms with Crippen LogP contribution < -0.4 is 5.32 Å². The third-order valence-corrected chi connectivity index (χ3v) is 5.35. The lowest BCUT2D eigenvalue weighted by Crippen LogP contribution is -2.13. The molecule has 0 aliphatic heterocycles. The van der Waals surface area contributed by atoms with Gasteiger partial charge in [-0.1, -0.05) is 17.7 Å². The molecule has 7 heteroatoms. The lowest BCUT2D eigenvalue weighted by Gasteiger charge is -2.13. The molecule has 0 aliphatic rings. The van der Waals surface area contributed by atoms with E-state index in [-0.39, 0.29) is 5.57 Å². The van der Waals surface area contributed by atoms with E-state index in [4.69, 9.17) is 11.6 Å². The summed E-state index contributed by atoms with van der Waals surface area (Å²) in [6, 6.07) is 15.8. The highest BCUT2D eigenvalue weighted by molar-refractivity contribution is 6.30. The Labute approximate surface area is 191 Å². The summed E-state index contributed by atoms with van der Waals surface area (Å²) in [5.41, 5.74) is 5.39. The Morgan fingerprint density at radius 3 is 2.41 bits per heavy atom. The highest BCUT2D eigenvalue weighted by Crippen LogP contribution is 2.27. The van der Waals surface area contributed by atoms with Crippen molar-refractivity contribution in [3.63, 3.8) is 0 Å². The van der Waals surface area contributed by atoms with Gasteiger partial charge in [-0.15, -0.1) is 0 Å². The number of nitrogens with zero attached hydrogens (tertiary/aromatic N) is 2. The molecule has 0 fully saturated rings. The molecule has 0 unspecified atom stereocenters. The van der Waals surface area contributed by atoms with Gasteiger partial charge in [-0.05, 0) is 80.4 Å². The Bertz CT molecular complexity index is 1260. The molecule has 162 valence electrons. The molecule has 3 rings (SSSR count). The number of halogens is 1. The lowest BCUT2D eigenvalue weighted by atomic mass is 10.1. The van der Waals surface area contributed by atoms with Crippen molar-refractivity contribution in [1.82, 2.24) is 4.57 Å². The minimum Gasteiger partial charge on any atom is -0.465 e. The average Bonchev–Trinajstić information content (AvgIpc) is 3.06. The van der Waals surface area contributed by atoms with E-state index in [0.717, 1.165) is 28.2 Å². The molecule has 1 N–H and O–H groups in total. The number of carbonyl (C=O) groups is 2. The number of aromatic nitrogens is 1. The fraction of sp³-hybridized carbons (Fsp3) is 0.160. The van der Waals surface area contributed by atoms with Gasteiger partial charge in [0.15, 0.2) is 0 Å². The van der Waals surface area contributed by atoms with Crippen LogP contribution in [-0.2, 0) is 9.53 Å². The quantitative estimate of drug-likeness (QED) is 0.323. The van der Waals surface area contributed by atoms with Gasteiger partial charge in [0, 0.05) is 27.8 Å². The van der Waals surface area contributed by atoms with Gasteiger partial charge >= 0.3 is 5.97 Å². The molecule has 1 heterocycles. The summed E-state index contributed by atoms with van der Waals surface area (Å²) in [7, 11) is 1.30. The summed E-state index contributed by atoms with van der Waals surface area (Å²) < 4.78 is 6.71. The number of ether oxygens (including phenoxy) is 1. The summed E-state index contributed by atoms with van der Waals surface area (Å²) in [5, 5.41) is 12.9. The van der Waals surface area contributed by atoms with E-state index in [9.17, 15) is 14.9 Å². The van der Waals surface area contributed by atoms with Crippen LogP contribution >= 0.6 is 11.6 Å². The van der Waals surface area contributed by atoms with E-state index >= 15 is 0 Å². The Morgan fingerprint density at radius 2 is 1.78 bits per heavy atom. The smallest absolute Gasteiger partial charge is 0.337 e. The third kappa shape index (κ3) is 4.74. The number of benzene rings is 2. The molecule has 0 atom stereocenters. The second kappa shape index (κ2) is 9.54. The highest BCUT2D eigenvalue weighted by atomic mass is 35.5. The van der Waals surface area contributed by atoms with Crippen molar-refractivity contribution in [2.45, 2.75) is 20.8 Å². The molecule has 0 saturated carbocycles. The Kier molecular flexibility index (Phi) is 6.82. The van der Waals surface area contributed by atoms with Gasteiger partial charge < -0.3 is 14.6 Å².